The molecule has 0 saturated carbocycles. The van der Waals surface area contributed by atoms with Crippen LogP contribution in [0.1, 0.15) is 25.3 Å². The number of rotatable bonds is 4. The Labute approximate surface area is 166 Å². The van der Waals surface area contributed by atoms with Crippen LogP contribution in [0, 0.1) is 5.41 Å². The lowest BCUT2D eigenvalue weighted by atomic mass is 9.71. The van der Waals surface area contributed by atoms with Crippen LogP contribution in [0.3, 0.4) is 0 Å². The Morgan fingerprint density at radius 3 is 2.31 bits per heavy atom. The van der Waals surface area contributed by atoms with E-state index in [-0.39, 0.29) is 17.1 Å². The van der Waals surface area contributed by atoms with Gasteiger partial charge in [-0.3, -0.25) is 9.78 Å². The highest BCUT2D eigenvalue weighted by atomic mass is 32.2. The van der Waals surface area contributed by atoms with Crippen LogP contribution in [-0.2, 0) is 26.2 Å². The highest BCUT2D eigenvalue weighted by Crippen LogP contribution is 2.42. The van der Waals surface area contributed by atoms with E-state index in [9.17, 15) is 26.4 Å². The summed E-state index contributed by atoms with van der Waals surface area (Å²) in [7, 11) is -3.13. The van der Waals surface area contributed by atoms with E-state index in [1.54, 1.807) is 19.3 Å². The second-order valence-electron chi connectivity index (χ2n) is 6.91. The molecule has 3 heterocycles. The van der Waals surface area contributed by atoms with Gasteiger partial charge < -0.3 is 10.0 Å². The van der Waals surface area contributed by atoms with Crippen molar-refractivity contribution in [1.29, 1.82) is 0 Å². The number of aliphatic carboxylic acids is 1. The number of pyridine rings is 1. The van der Waals surface area contributed by atoms with Crippen molar-refractivity contribution in [1.82, 2.24) is 14.2 Å². The molecule has 1 aromatic heterocycles. The number of likely N-dealkylation sites (tertiary alicyclic amines) is 1. The molecule has 162 valence electrons. The Balaban J connectivity index is 0.000000370. The summed E-state index contributed by atoms with van der Waals surface area (Å²) in [5.74, 6) is -2.47. The van der Waals surface area contributed by atoms with Crippen molar-refractivity contribution in [2.45, 2.75) is 32.5 Å². The number of carboxylic acids is 1. The van der Waals surface area contributed by atoms with Crippen molar-refractivity contribution >= 4 is 21.9 Å². The Kier molecular flexibility index (Phi) is 6.89. The lowest BCUT2D eigenvalue weighted by molar-refractivity contribution is -0.192. The number of carbonyl (C=O) groups is 2. The molecule has 1 aromatic rings. The predicted octanol–water partition coefficient (Wildman–Crippen LogP) is 1.49. The van der Waals surface area contributed by atoms with Gasteiger partial charge in [0.15, 0.2) is 0 Å². The number of aromatic nitrogens is 1. The van der Waals surface area contributed by atoms with Crippen LogP contribution in [0.5, 0.6) is 0 Å². The number of β-lactam (4-membered cyclic amide) rings is 1. The number of piperidine rings is 1. The number of hydrogen-bond donors (Lipinski definition) is 1. The van der Waals surface area contributed by atoms with Crippen LogP contribution < -0.4 is 0 Å². The molecule has 0 atom stereocenters. The SMILES string of the molecule is CCS(=O)(=O)N1CCC2(CC1)CN(Cc1cccnc1)C2=O.O=C(O)C(F)(F)F. The van der Waals surface area contributed by atoms with Crippen LogP contribution >= 0.6 is 0 Å². The van der Waals surface area contributed by atoms with E-state index < -0.39 is 22.2 Å². The highest BCUT2D eigenvalue weighted by molar-refractivity contribution is 7.89. The first-order valence-corrected chi connectivity index (χ1v) is 10.5. The largest absolute Gasteiger partial charge is 0.490 e. The van der Waals surface area contributed by atoms with Gasteiger partial charge in [-0.25, -0.2) is 17.5 Å². The number of alkyl halides is 3. The van der Waals surface area contributed by atoms with Crippen molar-refractivity contribution < 1.29 is 36.3 Å². The molecular formula is C17H22F3N3O5S. The summed E-state index contributed by atoms with van der Waals surface area (Å²) in [6.07, 6.45) is -0.329. The van der Waals surface area contributed by atoms with Crippen LogP contribution in [0.15, 0.2) is 24.5 Å². The molecule has 3 rings (SSSR count). The first-order valence-electron chi connectivity index (χ1n) is 8.87. The number of carbonyl (C=O) groups excluding carboxylic acids is 1. The van der Waals surface area contributed by atoms with Crippen LogP contribution in [-0.4, -0.2) is 71.2 Å². The maximum absolute atomic E-state index is 12.5. The van der Waals surface area contributed by atoms with Gasteiger partial charge in [0.1, 0.15) is 0 Å². The maximum Gasteiger partial charge on any atom is 0.490 e. The monoisotopic (exact) mass is 437 g/mol. The van der Waals surface area contributed by atoms with Crippen molar-refractivity contribution in [2.75, 3.05) is 25.4 Å². The molecule has 1 N–H and O–H groups in total. The molecule has 29 heavy (non-hydrogen) atoms. The summed E-state index contributed by atoms with van der Waals surface area (Å²) in [6.45, 7) is 3.89. The minimum Gasteiger partial charge on any atom is -0.475 e. The molecule has 2 fully saturated rings. The molecule has 0 bridgehead atoms. The molecule has 8 nitrogen and oxygen atoms in total. The van der Waals surface area contributed by atoms with E-state index in [1.807, 2.05) is 17.0 Å². The third kappa shape index (κ3) is 5.44. The lowest BCUT2D eigenvalue weighted by Crippen LogP contribution is -2.64. The van der Waals surface area contributed by atoms with Gasteiger partial charge in [-0.1, -0.05) is 6.07 Å². The average molecular weight is 437 g/mol. The van der Waals surface area contributed by atoms with Gasteiger partial charge in [-0.05, 0) is 31.4 Å². The van der Waals surface area contributed by atoms with Crippen molar-refractivity contribution in [3.05, 3.63) is 30.1 Å². The van der Waals surface area contributed by atoms with Gasteiger partial charge >= 0.3 is 12.1 Å². The molecule has 2 saturated heterocycles. The third-order valence-electron chi connectivity index (χ3n) is 5.01. The standard InChI is InChI=1S/C15H21N3O3S.C2HF3O2/c1-2-22(20,21)18-8-5-15(6-9-18)12-17(14(15)19)11-13-4-3-7-16-10-13;3-2(4,5)1(6)7/h3-4,7,10H,2,5-6,8-9,11-12H2,1H3;(H,6,7). The molecule has 1 amide bonds. The molecule has 2 aliphatic heterocycles. The summed E-state index contributed by atoms with van der Waals surface area (Å²) in [5, 5.41) is 7.12. The number of nitrogens with zero attached hydrogens (tertiary/aromatic N) is 3. The van der Waals surface area contributed by atoms with Crippen LogP contribution in [0.25, 0.3) is 0 Å². The Hall–Kier alpha value is -2.21. The van der Waals surface area contributed by atoms with Gasteiger partial charge in [-0.15, -0.1) is 0 Å². The molecule has 0 radical (unpaired) electrons. The molecule has 12 heteroatoms. The molecule has 0 unspecified atom stereocenters. The van der Waals surface area contributed by atoms with E-state index in [1.165, 1.54) is 4.31 Å². The van der Waals surface area contributed by atoms with E-state index in [4.69, 9.17) is 9.90 Å². The zero-order chi connectivity index (χ0) is 21.9. The zero-order valence-electron chi connectivity index (χ0n) is 15.7. The Morgan fingerprint density at radius 1 is 1.31 bits per heavy atom. The van der Waals surface area contributed by atoms with E-state index in [0.29, 0.717) is 32.5 Å². The Morgan fingerprint density at radius 2 is 1.90 bits per heavy atom. The minimum atomic E-state index is -5.08. The quantitative estimate of drug-likeness (QED) is 0.715. The van der Waals surface area contributed by atoms with Gasteiger partial charge in [-0.2, -0.15) is 13.2 Å². The highest BCUT2D eigenvalue weighted by Gasteiger charge is 2.53. The fourth-order valence-corrected chi connectivity index (χ4v) is 4.44. The summed E-state index contributed by atoms with van der Waals surface area (Å²) in [4.78, 5) is 27.3. The van der Waals surface area contributed by atoms with Crippen molar-refractivity contribution in [3.63, 3.8) is 0 Å². The first kappa shape index (κ1) is 23.1. The molecule has 2 aliphatic rings. The predicted molar refractivity (Wildman–Crippen MR) is 96.0 cm³/mol. The zero-order valence-corrected chi connectivity index (χ0v) is 16.5. The molecule has 1 spiro atoms. The third-order valence-corrected chi connectivity index (χ3v) is 6.89. The topological polar surface area (TPSA) is 108 Å². The van der Waals surface area contributed by atoms with Crippen molar-refractivity contribution in [2.24, 2.45) is 5.41 Å². The molecule has 0 aliphatic carbocycles. The van der Waals surface area contributed by atoms with Crippen LogP contribution in [0.4, 0.5) is 13.2 Å². The van der Waals surface area contributed by atoms with Gasteiger partial charge in [0.05, 0.1) is 11.2 Å². The first-order chi connectivity index (χ1) is 13.4. The van der Waals surface area contributed by atoms with Gasteiger partial charge in [0.2, 0.25) is 15.9 Å². The number of carboxylic acid groups (broad SMARTS) is 1. The minimum absolute atomic E-state index is 0.126. The van der Waals surface area contributed by atoms with Gasteiger partial charge in [0.25, 0.3) is 0 Å². The smallest absolute Gasteiger partial charge is 0.475 e. The summed E-state index contributed by atoms with van der Waals surface area (Å²) in [6, 6.07) is 3.82. The van der Waals surface area contributed by atoms with E-state index in [0.717, 1.165) is 12.1 Å². The fourth-order valence-electron chi connectivity index (χ4n) is 3.34. The maximum atomic E-state index is 12.5. The number of halogens is 3. The average Bonchev–Trinajstić information content (AvgIpc) is 2.68. The number of hydrogen-bond acceptors (Lipinski definition) is 5. The molecular weight excluding hydrogens is 415 g/mol. The summed E-state index contributed by atoms with van der Waals surface area (Å²) < 4.78 is 57.0. The number of amides is 1. The second-order valence-corrected chi connectivity index (χ2v) is 9.16. The fraction of sp³-hybridized carbons (Fsp3) is 0.588. The summed E-state index contributed by atoms with van der Waals surface area (Å²) in [5.41, 5.74) is 0.693. The summed E-state index contributed by atoms with van der Waals surface area (Å²) >= 11 is 0. The van der Waals surface area contributed by atoms with E-state index >= 15 is 0 Å². The normalized spacial score (nSPS) is 19.3. The van der Waals surface area contributed by atoms with Crippen LogP contribution in [0.2, 0.25) is 0 Å². The Bertz CT molecular complexity index is 838. The lowest BCUT2D eigenvalue weighted by Gasteiger charge is -2.52. The van der Waals surface area contributed by atoms with Gasteiger partial charge in [0, 0.05) is 38.6 Å². The van der Waals surface area contributed by atoms with Crippen molar-refractivity contribution in [3.8, 4) is 0 Å². The van der Waals surface area contributed by atoms with E-state index in [2.05, 4.69) is 4.98 Å². The molecule has 0 aromatic carbocycles. The second kappa shape index (κ2) is 8.66. The number of sulfonamides is 1.